The summed E-state index contributed by atoms with van der Waals surface area (Å²) >= 11 is 0. The van der Waals surface area contributed by atoms with Crippen molar-refractivity contribution in [2.45, 2.75) is 13.8 Å². The van der Waals surface area contributed by atoms with Crippen molar-refractivity contribution >= 4 is 98.8 Å². The molecule has 0 spiro atoms. The van der Waals surface area contributed by atoms with Gasteiger partial charge in [-0.25, -0.2) is 4.79 Å². The maximum atomic E-state index is 10.4. The van der Waals surface area contributed by atoms with Gasteiger partial charge in [-0.2, -0.15) is 0 Å². The molecule has 74 valence electrons. The molecule has 0 aliphatic rings. The zero-order valence-electron chi connectivity index (χ0n) is 6.96. The third-order valence-electron chi connectivity index (χ3n) is 0.651. The molecule has 0 aliphatic heterocycles. The van der Waals surface area contributed by atoms with Crippen LogP contribution in [0.1, 0.15) is 13.8 Å². The molecule has 8 heteroatoms. The first kappa shape index (κ1) is 24.4. The Labute approximate surface area is 147 Å². The fourth-order valence-corrected chi connectivity index (χ4v) is 0.350. The molecule has 0 bridgehead atoms. The van der Waals surface area contributed by atoms with Crippen LogP contribution in [0.15, 0.2) is 0 Å². The molecule has 0 saturated heterocycles. The van der Waals surface area contributed by atoms with Crippen molar-refractivity contribution in [2.75, 3.05) is 6.61 Å². The van der Waals surface area contributed by atoms with E-state index in [1.54, 1.807) is 0 Å². The Morgan fingerprint density at radius 3 is 1.79 bits per heavy atom. The molecule has 0 unspecified atom stereocenters. The number of carbonyl (C=O) groups is 3. The van der Waals surface area contributed by atoms with Crippen LogP contribution >= 0.6 is 0 Å². The van der Waals surface area contributed by atoms with E-state index >= 15 is 0 Å². The summed E-state index contributed by atoms with van der Waals surface area (Å²) in [7, 11) is 0. The predicted octanol–water partition coefficient (Wildman–Crippen LogP) is -1.50. The Bertz CT molecular complexity index is 199. The van der Waals surface area contributed by atoms with Gasteiger partial charge in [0.15, 0.2) is 6.61 Å². The van der Waals surface area contributed by atoms with E-state index in [1.165, 1.54) is 0 Å². The first-order valence-electron chi connectivity index (χ1n) is 2.87. The summed E-state index contributed by atoms with van der Waals surface area (Å²) in [6.45, 7) is 1.72. The minimum absolute atomic E-state index is 0. The molecule has 0 radical (unpaired) electrons. The standard InChI is InChI=1S/C6H8O5.K.H3N.Na.2H/c1-4(7)10-3-6(9)11-5(2)8;;;;;/h3H2,1-2H3;;1H3;;;. The van der Waals surface area contributed by atoms with Crippen molar-refractivity contribution in [3.05, 3.63) is 0 Å². The quantitative estimate of drug-likeness (QED) is 0.358. The maximum absolute atomic E-state index is 10.4. The summed E-state index contributed by atoms with van der Waals surface area (Å²) in [6.07, 6.45) is 0. The van der Waals surface area contributed by atoms with E-state index in [2.05, 4.69) is 9.47 Å². The van der Waals surface area contributed by atoms with Gasteiger partial charge in [-0.3, -0.25) is 9.59 Å². The second-order valence-electron chi connectivity index (χ2n) is 1.75. The molecule has 0 aliphatic carbocycles. The average Bonchev–Trinajstić information content (AvgIpc) is 1.82. The molecule has 0 heterocycles. The third-order valence-corrected chi connectivity index (χ3v) is 0.651. The van der Waals surface area contributed by atoms with E-state index in [0.29, 0.717) is 0 Å². The number of carbonyl (C=O) groups excluding carboxylic acids is 3. The molecule has 0 fully saturated rings. The van der Waals surface area contributed by atoms with Gasteiger partial charge in [-0.05, 0) is 0 Å². The first-order chi connectivity index (χ1) is 5.02. The van der Waals surface area contributed by atoms with Crippen molar-refractivity contribution in [3.63, 3.8) is 0 Å². The van der Waals surface area contributed by atoms with Gasteiger partial charge in [0.25, 0.3) is 0 Å². The van der Waals surface area contributed by atoms with E-state index in [-0.39, 0.29) is 87.1 Å². The van der Waals surface area contributed by atoms with Crippen LogP contribution < -0.4 is 6.15 Å². The van der Waals surface area contributed by atoms with Crippen molar-refractivity contribution in [1.82, 2.24) is 6.15 Å². The van der Waals surface area contributed by atoms with Gasteiger partial charge < -0.3 is 15.6 Å². The average molecular weight is 241 g/mol. The molecular formula is C6H13KNNaO5. The summed E-state index contributed by atoms with van der Waals surface area (Å²) < 4.78 is 8.28. The monoisotopic (exact) mass is 241 g/mol. The van der Waals surface area contributed by atoms with Crippen molar-refractivity contribution in [2.24, 2.45) is 0 Å². The Hall–Kier alpha value is 1.21. The number of esters is 3. The number of hydrogen-bond acceptors (Lipinski definition) is 6. The Morgan fingerprint density at radius 2 is 1.50 bits per heavy atom. The van der Waals surface area contributed by atoms with Crippen LogP contribution in [-0.2, 0) is 23.9 Å². The summed E-state index contributed by atoms with van der Waals surface area (Å²) in [5.41, 5.74) is 0. The van der Waals surface area contributed by atoms with Crippen molar-refractivity contribution in [1.29, 1.82) is 0 Å². The topological polar surface area (TPSA) is 105 Å². The number of rotatable bonds is 2. The second-order valence-corrected chi connectivity index (χ2v) is 1.75. The third kappa shape index (κ3) is 18.9. The molecule has 0 aromatic rings. The molecule has 0 aromatic carbocycles. The van der Waals surface area contributed by atoms with Gasteiger partial charge in [-0.15, -0.1) is 0 Å². The molecule has 0 rings (SSSR count). The molecule has 0 aromatic heterocycles. The van der Waals surface area contributed by atoms with Crippen LogP contribution in [-0.4, -0.2) is 105 Å². The fourth-order valence-electron chi connectivity index (χ4n) is 0.350. The van der Waals surface area contributed by atoms with Gasteiger partial charge in [0.1, 0.15) is 0 Å². The van der Waals surface area contributed by atoms with Crippen molar-refractivity contribution in [3.8, 4) is 0 Å². The van der Waals surface area contributed by atoms with E-state index < -0.39 is 24.5 Å². The summed E-state index contributed by atoms with van der Waals surface area (Å²) in [5.74, 6) is -2.18. The van der Waals surface area contributed by atoms with E-state index in [9.17, 15) is 14.4 Å². The van der Waals surface area contributed by atoms with E-state index in [1.807, 2.05) is 0 Å². The molecule has 0 atom stereocenters. The van der Waals surface area contributed by atoms with Gasteiger partial charge in [0, 0.05) is 13.8 Å². The zero-order valence-corrected chi connectivity index (χ0v) is 6.96. The Kier molecular flexibility index (Phi) is 24.8. The fraction of sp³-hybridized carbons (Fsp3) is 0.500. The molecule has 0 saturated carbocycles. The van der Waals surface area contributed by atoms with Crippen LogP contribution in [0.2, 0.25) is 0 Å². The minimum atomic E-state index is -0.868. The molecular weight excluding hydrogens is 228 g/mol. The SMILES string of the molecule is CC(=O)OCC(=O)OC(C)=O.N.[KH].[NaH]. The number of hydrogen-bond donors (Lipinski definition) is 1. The van der Waals surface area contributed by atoms with Gasteiger partial charge in [0.2, 0.25) is 0 Å². The van der Waals surface area contributed by atoms with Crippen LogP contribution in [0.5, 0.6) is 0 Å². The molecule has 14 heavy (non-hydrogen) atoms. The molecule has 0 amide bonds. The van der Waals surface area contributed by atoms with Crippen LogP contribution in [0.3, 0.4) is 0 Å². The normalized spacial score (nSPS) is 6.71. The summed E-state index contributed by atoms with van der Waals surface area (Å²) in [6, 6.07) is 0. The first-order valence-corrected chi connectivity index (χ1v) is 2.87. The van der Waals surface area contributed by atoms with Gasteiger partial charge >= 0.3 is 98.8 Å². The van der Waals surface area contributed by atoms with E-state index in [4.69, 9.17) is 0 Å². The number of ether oxygens (including phenoxy) is 2. The Balaban J connectivity index is -0.000000167. The predicted molar refractivity (Wildman–Crippen MR) is 52.7 cm³/mol. The molecule has 6 nitrogen and oxygen atoms in total. The zero-order chi connectivity index (χ0) is 8.85. The van der Waals surface area contributed by atoms with Crippen LogP contribution in [0.25, 0.3) is 0 Å². The summed E-state index contributed by atoms with van der Waals surface area (Å²) in [5, 5.41) is 0. The van der Waals surface area contributed by atoms with Crippen LogP contribution in [0.4, 0.5) is 0 Å². The van der Waals surface area contributed by atoms with Crippen molar-refractivity contribution < 1.29 is 23.9 Å². The van der Waals surface area contributed by atoms with Crippen LogP contribution in [0, 0.1) is 0 Å². The summed E-state index contributed by atoms with van der Waals surface area (Å²) in [4.78, 5) is 30.7. The second kappa shape index (κ2) is 14.2. The molecule has 3 N–H and O–H groups in total. The van der Waals surface area contributed by atoms with E-state index in [0.717, 1.165) is 13.8 Å². The Morgan fingerprint density at radius 1 is 1.07 bits per heavy atom. The van der Waals surface area contributed by atoms with Gasteiger partial charge in [-0.1, -0.05) is 0 Å². The van der Waals surface area contributed by atoms with Gasteiger partial charge in [0.05, 0.1) is 0 Å².